The molecule has 0 saturated carbocycles. The van der Waals surface area contributed by atoms with Crippen LogP contribution >= 0.6 is 0 Å². The fourth-order valence-corrected chi connectivity index (χ4v) is 1.95. The summed E-state index contributed by atoms with van der Waals surface area (Å²) in [6.07, 6.45) is -2.46. The van der Waals surface area contributed by atoms with E-state index in [0.717, 1.165) is 12.1 Å². The minimum absolute atomic E-state index is 0.0818. The van der Waals surface area contributed by atoms with Gasteiger partial charge in [-0.2, -0.15) is 18.3 Å². The van der Waals surface area contributed by atoms with Crippen molar-refractivity contribution in [3.05, 3.63) is 57.8 Å². The molecule has 132 valence electrons. The number of nitro benzene ring substituents is 1. The molecule has 0 aliphatic heterocycles. The highest BCUT2D eigenvalue weighted by Crippen LogP contribution is 2.29. The molecular formula is C15H14F3N5O2. The number of hydrogen-bond donors (Lipinski definition) is 1. The first-order valence-electron chi connectivity index (χ1n) is 6.96. The van der Waals surface area contributed by atoms with E-state index in [4.69, 9.17) is 0 Å². The van der Waals surface area contributed by atoms with Gasteiger partial charge in [0.2, 0.25) is 0 Å². The van der Waals surface area contributed by atoms with Crippen LogP contribution in [-0.4, -0.2) is 30.2 Å². The number of hydrogen-bond acceptors (Lipinski definition) is 6. The van der Waals surface area contributed by atoms with Crippen LogP contribution in [0.15, 0.2) is 41.6 Å². The Hall–Kier alpha value is -3.17. The number of benzene rings is 1. The molecule has 0 atom stereocenters. The highest BCUT2D eigenvalue weighted by atomic mass is 19.4. The first kappa shape index (κ1) is 18.2. The zero-order valence-corrected chi connectivity index (χ0v) is 13.3. The van der Waals surface area contributed by atoms with Gasteiger partial charge in [-0.1, -0.05) is 6.07 Å². The predicted octanol–water partition coefficient (Wildman–Crippen LogP) is 3.52. The van der Waals surface area contributed by atoms with Crippen molar-refractivity contribution in [2.24, 2.45) is 5.10 Å². The van der Waals surface area contributed by atoms with E-state index in [9.17, 15) is 23.3 Å². The first-order chi connectivity index (χ1) is 11.7. The average Bonchev–Trinajstić information content (AvgIpc) is 2.54. The number of nitrogens with zero attached hydrogens (tertiary/aromatic N) is 4. The lowest BCUT2D eigenvalue weighted by atomic mass is 10.2. The van der Waals surface area contributed by atoms with Crippen molar-refractivity contribution >= 4 is 23.4 Å². The second-order valence-electron chi connectivity index (χ2n) is 5.20. The van der Waals surface area contributed by atoms with Crippen LogP contribution in [0.25, 0.3) is 0 Å². The standard InChI is InChI=1S/C15H14F3N5O2/c1-22(2)12-5-3-10(7-13(12)23(24)25)8-20-21-14-6-4-11(9-19-14)15(16,17)18/h3-9H,1-2H3,(H,19,21)/b20-8-. The van der Waals surface area contributed by atoms with Crippen molar-refractivity contribution in [3.8, 4) is 0 Å². The normalized spacial score (nSPS) is 11.6. The van der Waals surface area contributed by atoms with Crippen LogP contribution in [0.1, 0.15) is 11.1 Å². The van der Waals surface area contributed by atoms with Gasteiger partial charge < -0.3 is 4.90 Å². The fraction of sp³-hybridized carbons (Fsp3) is 0.200. The maximum atomic E-state index is 12.4. The van der Waals surface area contributed by atoms with E-state index in [2.05, 4.69) is 15.5 Å². The molecule has 1 aromatic heterocycles. The quantitative estimate of drug-likeness (QED) is 0.505. The van der Waals surface area contributed by atoms with Gasteiger partial charge in [0, 0.05) is 31.9 Å². The molecule has 1 N–H and O–H groups in total. The van der Waals surface area contributed by atoms with Crippen LogP contribution in [-0.2, 0) is 6.18 Å². The minimum Gasteiger partial charge on any atom is -0.372 e. The summed E-state index contributed by atoms with van der Waals surface area (Å²) in [7, 11) is 3.38. The zero-order valence-electron chi connectivity index (χ0n) is 13.3. The van der Waals surface area contributed by atoms with Crippen molar-refractivity contribution in [1.82, 2.24) is 4.98 Å². The lowest BCUT2D eigenvalue weighted by molar-refractivity contribution is -0.384. The first-order valence-corrected chi connectivity index (χ1v) is 6.96. The smallest absolute Gasteiger partial charge is 0.372 e. The van der Waals surface area contributed by atoms with E-state index < -0.39 is 16.7 Å². The van der Waals surface area contributed by atoms with Gasteiger partial charge in [-0.05, 0) is 18.2 Å². The molecule has 0 bridgehead atoms. The van der Waals surface area contributed by atoms with Gasteiger partial charge in [-0.15, -0.1) is 0 Å². The molecule has 25 heavy (non-hydrogen) atoms. The summed E-state index contributed by atoms with van der Waals surface area (Å²) in [5.41, 5.74) is 2.42. The molecule has 2 rings (SSSR count). The van der Waals surface area contributed by atoms with Crippen LogP contribution in [0, 0.1) is 10.1 Å². The molecule has 2 aromatic rings. The van der Waals surface area contributed by atoms with Crippen molar-refractivity contribution in [2.45, 2.75) is 6.18 Å². The largest absolute Gasteiger partial charge is 0.417 e. The summed E-state index contributed by atoms with van der Waals surface area (Å²) in [5.74, 6) is 0.115. The molecule has 7 nitrogen and oxygen atoms in total. The van der Waals surface area contributed by atoms with Crippen LogP contribution in [0.4, 0.5) is 30.4 Å². The van der Waals surface area contributed by atoms with E-state index >= 15 is 0 Å². The summed E-state index contributed by atoms with van der Waals surface area (Å²) >= 11 is 0. The number of hydrazone groups is 1. The van der Waals surface area contributed by atoms with Crippen LogP contribution < -0.4 is 10.3 Å². The maximum absolute atomic E-state index is 12.4. The molecule has 0 aliphatic rings. The van der Waals surface area contributed by atoms with Crippen molar-refractivity contribution in [3.63, 3.8) is 0 Å². The van der Waals surface area contributed by atoms with Gasteiger partial charge in [0.25, 0.3) is 5.69 Å². The predicted molar refractivity (Wildman–Crippen MR) is 87.9 cm³/mol. The Kier molecular flexibility index (Phi) is 5.20. The SMILES string of the molecule is CN(C)c1ccc(/C=N\Nc2ccc(C(F)(F)F)cn2)cc1[N+](=O)[O-]. The number of anilines is 2. The van der Waals surface area contributed by atoms with Crippen LogP contribution in [0.2, 0.25) is 0 Å². The minimum atomic E-state index is -4.46. The lowest BCUT2D eigenvalue weighted by Crippen LogP contribution is -2.11. The fourth-order valence-electron chi connectivity index (χ4n) is 1.95. The summed E-state index contributed by atoms with van der Waals surface area (Å²) < 4.78 is 37.3. The van der Waals surface area contributed by atoms with Gasteiger partial charge >= 0.3 is 6.18 Å². The molecule has 0 unspecified atom stereocenters. The molecule has 0 spiro atoms. The van der Waals surface area contributed by atoms with Crippen molar-refractivity contribution in [2.75, 3.05) is 24.4 Å². The third kappa shape index (κ3) is 4.66. The van der Waals surface area contributed by atoms with Crippen LogP contribution in [0.5, 0.6) is 0 Å². The zero-order chi connectivity index (χ0) is 18.6. The Balaban J connectivity index is 2.12. The summed E-state index contributed by atoms with van der Waals surface area (Å²) in [6, 6.07) is 6.57. The Morgan fingerprint density at radius 3 is 2.52 bits per heavy atom. The van der Waals surface area contributed by atoms with E-state index in [1.165, 1.54) is 12.3 Å². The maximum Gasteiger partial charge on any atom is 0.417 e. The average molecular weight is 353 g/mol. The number of aromatic nitrogens is 1. The highest BCUT2D eigenvalue weighted by molar-refractivity contribution is 5.83. The number of pyridine rings is 1. The molecule has 1 heterocycles. The lowest BCUT2D eigenvalue weighted by Gasteiger charge is -2.12. The van der Waals surface area contributed by atoms with E-state index in [0.29, 0.717) is 17.4 Å². The highest BCUT2D eigenvalue weighted by Gasteiger charge is 2.30. The molecule has 0 radical (unpaired) electrons. The summed E-state index contributed by atoms with van der Waals surface area (Å²) in [4.78, 5) is 15.8. The van der Waals surface area contributed by atoms with Gasteiger partial charge in [0.05, 0.1) is 16.7 Å². The van der Waals surface area contributed by atoms with E-state index in [-0.39, 0.29) is 11.5 Å². The molecule has 1 aromatic carbocycles. The molecule has 0 amide bonds. The summed E-state index contributed by atoms with van der Waals surface area (Å²) in [5, 5.41) is 14.9. The Morgan fingerprint density at radius 2 is 2.00 bits per heavy atom. The van der Waals surface area contributed by atoms with Gasteiger partial charge in [0.1, 0.15) is 11.5 Å². The Labute approximate surface area is 140 Å². The number of nitro groups is 1. The third-order valence-electron chi connectivity index (χ3n) is 3.16. The van der Waals surface area contributed by atoms with E-state index in [1.54, 1.807) is 31.1 Å². The Morgan fingerprint density at radius 1 is 1.28 bits per heavy atom. The topological polar surface area (TPSA) is 83.7 Å². The molecule has 0 saturated heterocycles. The Bertz CT molecular complexity index is 789. The second-order valence-corrected chi connectivity index (χ2v) is 5.20. The number of rotatable bonds is 5. The van der Waals surface area contributed by atoms with Gasteiger partial charge in [0.15, 0.2) is 0 Å². The summed E-state index contributed by atoms with van der Waals surface area (Å²) in [6.45, 7) is 0. The number of nitrogens with one attached hydrogen (secondary N) is 1. The monoisotopic (exact) mass is 353 g/mol. The molecule has 10 heteroatoms. The molecule has 0 fully saturated rings. The third-order valence-corrected chi connectivity index (χ3v) is 3.16. The number of halogens is 3. The molecular weight excluding hydrogens is 339 g/mol. The molecule has 0 aliphatic carbocycles. The van der Waals surface area contributed by atoms with Gasteiger partial charge in [-0.3, -0.25) is 15.5 Å². The van der Waals surface area contributed by atoms with Crippen LogP contribution in [0.3, 0.4) is 0 Å². The van der Waals surface area contributed by atoms with E-state index in [1.807, 2.05) is 0 Å². The van der Waals surface area contributed by atoms with Crippen molar-refractivity contribution in [1.29, 1.82) is 0 Å². The van der Waals surface area contributed by atoms with Crippen molar-refractivity contribution < 1.29 is 18.1 Å². The van der Waals surface area contributed by atoms with Gasteiger partial charge in [-0.25, -0.2) is 4.98 Å². The number of alkyl halides is 3. The second kappa shape index (κ2) is 7.16.